The van der Waals surface area contributed by atoms with E-state index >= 15 is 0 Å². The summed E-state index contributed by atoms with van der Waals surface area (Å²) in [6.45, 7) is 0.403. The second-order valence-electron chi connectivity index (χ2n) is 5.19. The van der Waals surface area contributed by atoms with E-state index in [4.69, 9.17) is 0 Å². The van der Waals surface area contributed by atoms with E-state index < -0.39 is 0 Å². The van der Waals surface area contributed by atoms with Crippen LogP contribution >= 0.6 is 15.9 Å². The Labute approximate surface area is 140 Å². The maximum Gasteiger partial charge on any atom is 0.159 e. The molecule has 0 amide bonds. The summed E-state index contributed by atoms with van der Waals surface area (Å²) in [6, 6.07) is 14.5. The van der Waals surface area contributed by atoms with Crippen molar-refractivity contribution in [3.05, 3.63) is 77.1 Å². The average Bonchev–Trinajstić information content (AvgIpc) is 2.92. The maximum absolute atomic E-state index is 13.9. The molecule has 3 aromatic rings. The highest BCUT2D eigenvalue weighted by Gasteiger charge is 2.22. The number of benzene rings is 2. The molecule has 0 bridgehead atoms. The van der Waals surface area contributed by atoms with Gasteiger partial charge < -0.3 is 0 Å². The van der Waals surface area contributed by atoms with Gasteiger partial charge in [0.2, 0.25) is 0 Å². The van der Waals surface area contributed by atoms with Gasteiger partial charge in [0.15, 0.2) is 5.82 Å². The van der Waals surface area contributed by atoms with Crippen LogP contribution in [0.2, 0.25) is 0 Å². The van der Waals surface area contributed by atoms with E-state index in [1.165, 1.54) is 12.1 Å². The molecule has 1 aliphatic heterocycles. The molecule has 1 aromatic heterocycles. The van der Waals surface area contributed by atoms with Crippen molar-refractivity contribution in [2.75, 3.05) is 0 Å². The highest BCUT2D eigenvalue weighted by Crippen LogP contribution is 2.27. The molecule has 0 N–H and O–H groups in total. The standard InChI is InChI=1S/C17H12BrFN4/c18-9-15-21-22-16-10-20-17(11-4-2-1-3-5-11)13-8-12(19)6-7-14(13)23(15)16/h1-8H,9-10H2. The van der Waals surface area contributed by atoms with Gasteiger partial charge >= 0.3 is 0 Å². The summed E-state index contributed by atoms with van der Waals surface area (Å²) in [6.07, 6.45) is 0. The summed E-state index contributed by atoms with van der Waals surface area (Å²) in [5.41, 5.74) is 3.32. The fourth-order valence-corrected chi connectivity index (χ4v) is 3.15. The summed E-state index contributed by atoms with van der Waals surface area (Å²) in [4.78, 5) is 4.68. The Morgan fingerprint density at radius 3 is 2.70 bits per heavy atom. The Hall–Kier alpha value is -2.34. The number of fused-ring (bicyclic) bond motifs is 3. The molecule has 0 aliphatic carbocycles. The number of rotatable bonds is 2. The quantitative estimate of drug-likeness (QED) is 0.646. The van der Waals surface area contributed by atoms with Crippen LogP contribution in [-0.2, 0) is 11.9 Å². The van der Waals surface area contributed by atoms with Crippen molar-refractivity contribution in [2.45, 2.75) is 11.9 Å². The lowest BCUT2D eigenvalue weighted by atomic mass is 10.0. The fraction of sp³-hybridized carbons (Fsp3) is 0.118. The van der Waals surface area contributed by atoms with Crippen molar-refractivity contribution in [3.8, 4) is 5.69 Å². The van der Waals surface area contributed by atoms with Crippen molar-refractivity contribution < 1.29 is 4.39 Å². The summed E-state index contributed by atoms with van der Waals surface area (Å²) in [5, 5.41) is 8.97. The highest BCUT2D eigenvalue weighted by molar-refractivity contribution is 9.08. The lowest BCUT2D eigenvalue weighted by Crippen LogP contribution is -2.09. The average molecular weight is 371 g/mol. The molecule has 23 heavy (non-hydrogen) atoms. The fourth-order valence-electron chi connectivity index (χ4n) is 2.79. The van der Waals surface area contributed by atoms with Gasteiger partial charge in [-0.05, 0) is 18.2 Å². The van der Waals surface area contributed by atoms with E-state index in [0.717, 1.165) is 34.2 Å². The number of halogens is 2. The molecule has 0 radical (unpaired) electrons. The van der Waals surface area contributed by atoms with Crippen LogP contribution in [0, 0.1) is 5.82 Å². The summed E-state index contributed by atoms with van der Waals surface area (Å²) < 4.78 is 15.8. The van der Waals surface area contributed by atoms with Gasteiger partial charge in [-0.2, -0.15) is 0 Å². The van der Waals surface area contributed by atoms with Crippen LogP contribution in [0.3, 0.4) is 0 Å². The summed E-state index contributed by atoms with van der Waals surface area (Å²) in [5.74, 6) is 1.24. The van der Waals surface area contributed by atoms with Crippen LogP contribution in [0.4, 0.5) is 4.39 Å². The van der Waals surface area contributed by atoms with E-state index in [2.05, 4.69) is 31.1 Å². The van der Waals surface area contributed by atoms with Gasteiger partial charge in [0.1, 0.15) is 18.2 Å². The zero-order valence-electron chi connectivity index (χ0n) is 12.1. The number of hydrogen-bond donors (Lipinski definition) is 0. The first-order chi connectivity index (χ1) is 11.3. The molecule has 2 aromatic carbocycles. The van der Waals surface area contributed by atoms with Crippen LogP contribution < -0.4 is 0 Å². The Kier molecular flexibility index (Phi) is 3.53. The van der Waals surface area contributed by atoms with Gasteiger partial charge in [0.25, 0.3) is 0 Å². The minimum atomic E-state index is -0.288. The Bertz CT molecular complexity index is 902. The van der Waals surface area contributed by atoms with Gasteiger partial charge in [0.05, 0.1) is 16.7 Å². The minimum Gasteiger partial charge on any atom is -0.280 e. The van der Waals surface area contributed by atoms with E-state index in [1.807, 2.05) is 34.9 Å². The molecule has 4 rings (SSSR count). The predicted octanol–water partition coefficient (Wildman–Crippen LogP) is 3.65. The zero-order chi connectivity index (χ0) is 15.8. The van der Waals surface area contributed by atoms with Crippen molar-refractivity contribution in [2.24, 2.45) is 4.99 Å². The largest absolute Gasteiger partial charge is 0.280 e. The van der Waals surface area contributed by atoms with Crippen molar-refractivity contribution >= 4 is 21.6 Å². The molecule has 4 nitrogen and oxygen atoms in total. The normalized spacial score (nSPS) is 13.0. The van der Waals surface area contributed by atoms with Gasteiger partial charge in [-0.15, -0.1) is 10.2 Å². The molecular formula is C17H12BrFN4. The molecule has 0 unspecified atom stereocenters. The van der Waals surface area contributed by atoms with Crippen molar-refractivity contribution in [1.82, 2.24) is 14.8 Å². The van der Waals surface area contributed by atoms with Gasteiger partial charge in [-0.3, -0.25) is 9.56 Å². The number of alkyl halides is 1. The molecule has 0 saturated heterocycles. The lowest BCUT2D eigenvalue weighted by Gasteiger charge is -2.13. The van der Waals surface area contributed by atoms with Crippen LogP contribution in [0.25, 0.3) is 5.69 Å². The van der Waals surface area contributed by atoms with Gasteiger partial charge in [-0.1, -0.05) is 46.3 Å². The Balaban J connectivity index is 2.00. The first-order valence-corrected chi connectivity index (χ1v) is 8.29. The molecule has 1 aliphatic rings. The molecule has 0 spiro atoms. The van der Waals surface area contributed by atoms with Crippen molar-refractivity contribution in [1.29, 1.82) is 0 Å². The number of nitrogens with zero attached hydrogens (tertiary/aromatic N) is 4. The Morgan fingerprint density at radius 2 is 1.91 bits per heavy atom. The topological polar surface area (TPSA) is 43.1 Å². The number of aliphatic imine (C=N–C) groups is 1. The third kappa shape index (κ3) is 2.39. The second-order valence-corrected chi connectivity index (χ2v) is 5.75. The molecular weight excluding hydrogens is 359 g/mol. The van der Waals surface area contributed by atoms with Gasteiger partial charge in [-0.25, -0.2) is 4.39 Å². The molecule has 6 heteroatoms. The van der Waals surface area contributed by atoms with E-state index in [1.54, 1.807) is 6.07 Å². The third-order valence-electron chi connectivity index (χ3n) is 3.80. The molecule has 0 saturated carbocycles. The first kappa shape index (κ1) is 14.3. The van der Waals surface area contributed by atoms with Gasteiger partial charge in [0, 0.05) is 11.1 Å². The van der Waals surface area contributed by atoms with E-state index in [-0.39, 0.29) is 5.82 Å². The number of hydrogen-bond acceptors (Lipinski definition) is 3. The smallest absolute Gasteiger partial charge is 0.159 e. The van der Waals surface area contributed by atoms with Crippen LogP contribution in [0.5, 0.6) is 0 Å². The second kappa shape index (κ2) is 5.70. The SMILES string of the molecule is Fc1ccc2c(c1)C(c1ccccc1)=NCc1nnc(CBr)n1-2. The van der Waals surface area contributed by atoms with Crippen LogP contribution in [-0.4, -0.2) is 20.5 Å². The molecule has 114 valence electrons. The highest BCUT2D eigenvalue weighted by atomic mass is 79.9. The molecule has 0 fully saturated rings. The van der Waals surface area contributed by atoms with E-state index in [9.17, 15) is 4.39 Å². The van der Waals surface area contributed by atoms with Crippen molar-refractivity contribution in [3.63, 3.8) is 0 Å². The first-order valence-electron chi connectivity index (χ1n) is 7.17. The third-order valence-corrected chi connectivity index (χ3v) is 4.30. The minimum absolute atomic E-state index is 0.288. The monoisotopic (exact) mass is 370 g/mol. The Morgan fingerprint density at radius 1 is 1.09 bits per heavy atom. The molecule has 2 heterocycles. The summed E-state index contributed by atoms with van der Waals surface area (Å²) >= 11 is 3.43. The maximum atomic E-state index is 13.9. The van der Waals surface area contributed by atoms with E-state index in [0.29, 0.717) is 11.9 Å². The molecule has 0 atom stereocenters. The predicted molar refractivity (Wildman–Crippen MR) is 89.7 cm³/mol. The number of aromatic nitrogens is 3. The lowest BCUT2D eigenvalue weighted by molar-refractivity contribution is 0.627. The zero-order valence-corrected chi connectivity index (χ0v) is 13.7. The van der Waals surface area contributed by atoms with Crippen LogP contribution in [0.15, 0.2) is 53.5 Å². The summed E-state index contributed by atoms with van der Waals surface area (Å²) in [7, 11) is 0. The van der Waals surface area contributed by atoms with Crippen LogP contribution in [0.1, 0.15) is 22.8 Å².